The number of nitrogens with zero attached hydrogens (tertiary/aromatic N) is 5. The largest absolute Gasteiger partial charge is 0.455 e. The van der Waals surface area contributed by atoms with Crippen LogP contribution in [0.4, 0.5) is 27.8 Å². The highest BCUT2D eigenvalue weighted by Crippen LogP contribution is 2.47. The number of pyridine rings is 1. The van der Waals surface area contributed by atoms with Crippen LogP contribution in [-0.2, 0) is 16.8 Å². The predicted octanol–water partition coefficient (Wildman–Crippen LogP) is 3.08. The predicted molar refractivity (Wildman–Crippen MR) is 105 cm³/mol. The standard InChI is InChI=1S/C21H19F5N6O/c22-20(23,21(24,25)26)12-32-17-9-29-18(7-15(17)8-30-32)31(13-33-28)10-14-1-3-16(4-2-14)19(11-27)5-6-19/h1-4,7-10H,5-6,12-13H2,28H3/q+2/b31-10+. The summed E-state index contributed by atoms with van der Waals surface area (Å²) in [6, 6.07) is 11.3. The topological polar surface area (TPSA) is 94.4 Å². The number of quaternary nitrogens is 1. The molecule has 7 nitrogen and oxygen atoms in total. The molecule has 2 heterocycles. The third kappa shape index (κ3) is 4.42. The lowest BCUT2D eigenvalue weighted by molar-refractivity contribution is -0.745. The fourth-order valence-electron chi connectivity index (χ4n) is 3.45. The maximum absolute atomic E-state index is 13.4. The molecule has 0 atom stereocenters. The maximum Gasteiger partial charge on any atom is 0.455 e. The monoisotopic (exact) mass is 466 g/mol. The van der Waals surface area contributed by atoms with Gasteiger partial charge in [0.1, 0.15) is 18.3 Å². The van der Waals surface area contributed by atoms with Gasteiger partial charge in [-0.1, -0.05) is 24.3 Å². The number of alkyl halides is 5. The maximum atomic E-state index is 13.4. The Kier molecular flexibility index (Phi) is 5.63. The Morgan fingerprint density at radius 3 is 2.45 bits per heavy atom. The molecule has 2 aromatic heterocycles. The minimum absolute atomic E-state index is 0.00265. The number of rotatable bonds is 7. The van der Waals surface area contributed by atoms with E-state index in [1.807, 2.05) is 24.3 Å². The number of fused-ring (bicyclic) bond motifs is 1. The van der Waals surface area contributed by atoms with Crippen LogP contribution in [0.3, 0.4) is 0 Å². The van der Waals surface area contributed by atoms with Crippen LogP contribution in [0.1, 0.15) is 24.0 Å². The second-order valence-electron chi connectivity index (χ2n) is 7.85. The van der Waals surface area contributed by atoms with Crippen molar-refractivity contribution in [1.82, 2.24) is 14.8 Å². The minimum Gasteiger partial charge on any atom is -0.255 e. The molecule has 172 valence electrons. The molecule has 1 aromatic carbocycles. The number of aromatic nitrogens is 3. The Labute approximate surface area is 184 Å². The lowest BCUT2D eigenvalue weighted by atomic mass is 9.97. The number of benzene rings is 1. The van der Waals surface area contributed by atoms with Crippen LogP contribution in [0.25, 0.3) is 10.9 Å². The number of nitriles is 1. The van der Waals surface area contributed by atoms with E-state index in [0.717, 1.165) is 24.0 Å². The highest BCUT2D eigenvalue weighted by atomic mass is 19.4. The average Bonchev–Trinajstić information content (AvgIpc) is 3.48. The molecule has 1 aliphatic rings. The van der Waals surface area contributed by atoms with E-state index in [9.17, 15) is 27.2 Å². The van der Waals surface area contributed by atoms with Gasteiger partial charge in [0.2, 0.25) is 6.73 Å². The zero-order chi connectivity index (χ0) is 23.9. The Morgan fingerprint density at radius 1 is 1.18 bits per heavy atom. The van der Waals surface area contributed by atoms with Gasteiger partial charge in [-0.3, -0.25) is 4.68 Å². The summed E-state index contributed by atoms with van der Waals surface area (Å²) in [7, 11) is 0. The van der Waals surface area contributed by atoms with Gasteiger partial charge in [-0.05, 0) is 23.4 Å². The van der Waals surface area contributed by atoms with Crippen molar-refractivity contribution < 1.29 is 37.3 Å². The molecule has 0 aliphatic heterocycles. The van der Waals surface area contributed by atoms with Crippen LogP contribution in [0.2, 0.25) is 0 Å². The molecule has 33 heavy (non-hydrogen) atoms. The molecule has 0 bridgehead atoms. The molecule has 0 saturated heterocycles. The van der Waals surface area contributed by atoms with Crippen LogP contribution < -0.4 is 5.90 Å². The van der Waals surface area contributed by atoms with Crippen molar-refractivity contribution in [2.24, 2.45) is 0 Å². The Hall–Kier alpha value is -3.43. The van der Waals surface area contributed by atoms with Gasteiger partial charge in [0.15, 0.2) is 6.20 Å². The Morgan fingerprint density at radius 2 is 1.88 bits per heavy atom. The second kappa shape index (κ2) is 8.17. The molecule has 1 aliphatic carbocycles. The Balaban J connectivity index is 1.62. The molecule has 1 fully saturated rings. The van der Waals surface area contributed by atoms with Crippen LogP contribution in [0, 0.1) is 11.3 Å². The molecule has 0 unspecified atom stereocenters. The van der Waals surface area contributed by atoms with Crippen molar-refractivity contribution in [2.75, 3.05) is 6.73 Å². The third-order valence-electron chi connectivity index (χ3n) is 5.53. The molecule has 4 rings (SSSR count). The van der Waals surface area contributed by atoms with Crippen LogP contribution in [0.5, 0.6) is 0 Å². The molecule has 3 N–H and O–H groups in total. The SMILES string of the molecule is N#CC1(c2ccc(/C=[N+](\CO[NH3+])c3cc4cnn(CC(F)(F)C(F)(F)F)c4cn3)cc2)CC1. The number of hydrogen-bond donors (Lipinski definition) is 1. The summed E-state index contributed by atoms with van der Waals surface area (Å²) in [4.78, 5) is 9.16. The Bertz CT molecular complexity index is 1240. The van der Waals surface area contributed by atoms with Gasteiger partial charge in [0, 0.05) is 17.0 Å². The van der Waals surface area contributed by atoms with Crippen molar-refractivity contribution in [3.63, 3.8) is 0 Å². The fourth-order valence-corrected chi connectivity index (χ4v) is 3.45. The molecule has 3 aromatic rings. The second-order valence-corrected chi connectivity index (χ2v) is 7.85. The smallest absolute Gasteiger partial charge is 0.255 e. The lowest BCUT2D eigenvalue weighted by Crippen LogP contribution is -2.50. The van der Waals surface area contributed by atoms with E-state index in [2.05, 4.69) is 22.0 Å². The van der Waals surface area contributed by atoms with Gasteiger partial charge >= 0.3 is 17.9 Å². The molecule has 1 saturated carbocycles. The first-order valence-electron chi connectivity index (χ1n) is 9.85. The summed E-state index contributed by atoms with van der Waals surface area (Å²) in [6.07, 6.45) is 0.0824. The molecule has 0 spiro atoms. The molecule has 12 heteroatoms. The summed E-state index contributed by atoms with van der Waals surface area (Å²) >= 11 is 0. The van der Waals surface area contributed by atoms with Crippen LogP contribution >= 0.6 is 0 Å². The van der Waals surface area contributed by atoms with Gasteiger partial charge in [-0.25, -0.2) is 10.5 Å². The first-order chi connectivity index (χ1) is 15.6. The van der Waals surface area contributed by atoms with Crippen LogP contribution in [-0.4, -0.2) is 44.4 Å². The first-order valence-corrected chi connectivity index (χ1v) is 9.85. The van der Waals surface area contributed by atoms with Crippen molar-refractivity contribution in [3.05, 3.63) is 53.9 Å². The summed E-state index contributed by atoms with van der Waals surface area (Å²) in [6.45, 7) is -1.64. The van der Waals surface area contributed by atoms with Gasteiger partial charge in [-0.15, -0.1) is 0 Å². The summed E-state index contributed by atoms with van der Waals surface area (Å²) < 4.78 is 66.7. The van der Waals surface area contributed by atoms with Crippen molar-refractivity contribution in [2.45, 2.75) is 36.9 Å². The van der Waals surface area contributed by atoms with Gasteiger partial charge in [0.05, 0.1) is 17.7 Å². The van der Waals surface area contributed by atoms with E-state index in [-0.39, 0.29) is 12.2 Å². The van der Waals surface area contributed by atoms with E-state index >= 15 is 0 Å². The van der Waals surface area contributed by atoms with Crippen molar-refractivity contribution in [3.8, 4) is 6.07 Å². The molecule has 0 radical (unpaired) electrons. The average molecular weight is 466 g/mol. The third-order valence-corrected chi connectivity index (χ3v) is 5.53. The zero-order valence-corrected chi connectivity index (χ0v) is 17.2. The fraction of sp³-hybridized carbons (Fsp3) is 0.333. The van der Waals surface area contributed by atoms with Crippen LogP contribution in [0.15, 0.2) is 42.7 Å². The molecular formula is C21H19F5N6O+2. The molecule has 0 amide bonds. The quantitative estimate of drug-likeness (QED) is 0.190. The molecular weight excluding hydrogens is 447 g/mol. The minimum atomic E-state index is -5.68. The van der Waals surface area contributed by atoms with E-state index < -0.39 is 24.1 Å². The normalized spacial score (nSPS) is 16.1. The summed E-state index contributed by atoms with van der Waals surface area (Å²) in [5, 5.41) is 13.3. The van der Waals surface area contributed by atoms with Gasteiger partial charge in [-0.2, -0.15) is 37.2 Å². The first kappa shape index (κ1) is 22.8. The number of halogens is 5. The highest BCUT2D eigenvalue weighted by molar-refractivity contribution is 5.80. The van der Waals surface area contributed by atoms with E-state index in [4.69, 9.17) is 4.84 Å². The van der Waals surface area contributed by atoms with E-state index in [1.165, 1.54) is 18.5 Å². The summed E-state index contributed by atoms with van der Waals surface area (Å²) in [5.74, 6) is -1.22. The summed E-state index contributed by atoms with van der Waals surface area (Å²) in [5.41, 5.74) is 1.37. The number of hydrogen-bond acceptors (Lipinski definition) is 4. The van der Waals surface area contributed by atoms with Crippen molar-refractivity contribution >= 4 is 22.9 Å². The van der Waals surface area contributed by atoms with E-state index in [1.54, 1.807) is 10.8 Å². The van der Waals surface area contributed by atoms with Gasteiger partial charge < -0.3 is 0 Å². The lowest BCUT2D eigenvalue weighted by Gasteiger charge is -2.19. The zero-order valence-electron chi connectivity index (χ0n) is 17.2. The van der Waals surface area contributed by atoms with E-state index in [0.29, 0.717) is 15.9 Å². The highest BCUT2D eigenvalue weighted by Gasteiger charge is 2.58. The van der Waals surface area contributed by atoms with Crippen molar-refractivity contribution in [1.29, 1.82) is 5.26 Å². The van der Waals surface area contributed by atoms with Gasteiger partial charge in [0.25, 0.3) is 0 Å².